The van der Waals surface area contributed by atoms with E-state index < -0.39 is 0 Å². The van der Waals surface area contributed by atoms with Gasteiger partial charge in [-0.25, -0.2) is 0 Å². The molecule has 1 fully saturated rings. The second kappa shape index (κ2) is 12.3. The highest BCUT2D eigenvalue weighted by Crippen LogP contribution is 2.38. The molecule has 1 N–H and O–H groups in total. The summed E-state index contributed by atoms with van der Waals surface area (Å²) in [5, 5.41) is 3.17. The van der Waals surface area contributed by atoms with Gasteiger partial charge < -0.3 is 20.0 Å². The number of aryl methyl sites for hydroxylation is 1. The molecule has 0 aliphatic carbocycles. The van der Waals surface area contributed by atoms with Gasteiger partial charge >= 0.3 is 0 Å². The number of hydrogen-bond donors (Lipinski definition) is 1. The van der Waals surface area contributed by atoms with Crippen molar-refractivity contribution in [1.82, 2.24) is 20.1 Å². The fourth-order valence-corrected chi connectivity index (χ4v) is 4.91. The number of pyridine rings is 1. The van der Waals surface area contributed by atoms with E-state index in [1.807, 2.05) is 20.3 Å². The number of likely N-dealkylation sites (tertiary alicyclic amines) is 1. The van der Waals surface area contributed by atoms with Crippen LogP contribution in [0.2, 0.25) is 0 Å². The predicted octanol–water partition coefficient (Wildman–Crippen LogP) is 5.88. The van der Waals surface area contributed by atoms with Crippen LogP contribution in [0.15, 0.2) is 67.7 Å². The number of nitrogens with zero attached hydrogens (tertiary/aromatic N) is 4. The number of anilines is 1. The molecule has 1 aliphatic rings. The molecule has 3 rings (SSSR count). The second-order valence-corrected chi connectivity index (χ2v) is 10.4. The van der Waals surface area contributed by atoms with Gasteiger partial charge in [0.2, 0.25) is 0 Å². The standard InChI is InChI=1S/C31H45N5/c1-10-30-29(23(3)32-6)19-28(20-33-30)35(9)24(4)25(5)36-21-22(2)11-16-31(36)27-14-12-26(13-15-27)17-18-34(7)8/h12-15,19-20,22,31-32H,3-5,10-11,16-18,21H2,1-2,6-9H3/t22?,31-/m1/s1. The molecule has 1 aromatic carbocycles. The first-order valence-electron chi connectivity index (χ1n) is 13.1. The molecule has 0 bridgehead atoms. The third-order valence-corrected chi connectivity index (χ3v) is 7.42. The Labute approximate surface area is 219 Å². The predicted molar refractivity (Wildman–Crippen MR) is 155 cm³/mol. The van der Waals surface area contributed by atoms with Crippen LogP contribution in [-0.4, -0.2) is 56.1 Å². The van der Waals surface area contributed by atoms with Crippen LogP contribution in [0.1, 0.15) is 55.1 Å². The van der Waals surface area contributed by atoms with E-state index in [1.165, 1.54) is 17.5 Å². The molecule has 5 heteroatoms. The molecule has 1 aliphatic heterocycles. The van der Waals surface area contributed by atoms with E-state index in [0.717, 1.165) is 66.4 Å². The Bertz CT molecular complexity index is 1070. The van der Waals surface area contributed by atoms with Crippen LogP contribution in [0.25, 0.3) is 5.70 Å². The Morgan fingerprint density at radius 3 is 2.42 bits per heavy atom. The van der Waals surface area contributed by atoms with Crippen LogP contribution in [0.5, 0.6) is 0 Å². The molecule has 36 heavy (non-hydrogen) atoms. The van der Waals surface area contributed by atoms with Crippen molar-refractivity contribution < 1.29 is 0 Å². The molecule has 2 aromatic rings. The Morgan fingerprint density at radius 1 is 1.11 bits per heavy atom. The van der Waals surface area contributed by atoms with E-state index >= 15 is 0 Å². The summed E-state index contributed by atoms with van der Waals surface area (Å²) in [7, 11) is 8.18. The third kappa shape index (κ3) is 6.38. The monoisotopic (exact) mass is 487 g/mol. The van der Waals surface area contributed by atoms with Gasteiger partial charge in [-0.15, -0.1) is 0 Å². The summed E-state index contributed by atoms with van der Waals surface area (Å²) < 4.78 is 0. The highest BCUT2D eigenvalue weighted by Gasteiger charge is 2.30. The number of nitrogens with one attached hydrogen (secondary N) is 1. The molecule has 5 nitrogen and oxygen atoms in total. The zero-order valence-corrected chi connectivity index (χ0v) is 23.3. The Morgan fingerprint density at radius 2 is 1.81 bits per heavy atom. The quantitative estimate of drug-likeness (QED) is 0.401. The molecule has 2 heterocycles. The van der Waals surface area contributed by atoms with Gasteiger partial charge in [0.1, 0.15) is 0 Å². The lowest BCUT2D eigenvalue weighted by atomic mass is 9.88. The molecule has 2 atom stereocenters. The van der Waals surface area contributed by atoms with Crippen molar-refractivity contribution in [1.29, 1.82) is 0 Å². The zero-order chi connectivity index (χ0) is 26.4. The number of likely N-dealkylation sites (N-methyl/N-ethyl adjacent to an activating group) is 2. The number of piperidine rings is 1. The van der Waals surface area contributed by atoms with Crippen LogP contribution < -0.4 is 10.2 Å². The maximum atomic E-state index is 4.72. The van der Waals surface area contributed by atoms with Crippen LogP contribution in [0.3, 0.4) is 0 Å². The fraction of sp³-hybridized carbons (Fsp3) is 0.452. The molecular weight excluding hydrogens is 442 g/mol. The largest absolute Gasteiger partial charge is 0.388 e. The highest BCUT2D eigenvalue weighted by atomic mass is 15.2. The van der Waals surface area contributed by atoms with Crippen molar-refractivity contribution in [2.24, 2.45) is 5.92 Å². The summed E-state index contributed by atoms with van der Waals surface area (Å²) in [6.07, 6.45) is 6.19. The molecule has 0 spiro atoms. The number of benzene rings is 1. The maximum absolute atomic E-state index is 4.72. The third-order valence-electron chi connectivity index (χ3n) is 7.42. The molecule has 194 valence electrons. The van der Waals surface area contributed by atoms with Crippen LogP contribution in [-0.2, 0) is 12.8 Å². The van der Waals surface area contributed by atoms with Crippen molar-refractivity contribution >= 4 is 11.4 Å². The first-order valence-corrected chi connectivity index (χ1v) is 13.1. The lowest BCUT2D eigenvalue weighted by Gasteiger charge is -2.43. The average molecular weight is 488 g/mol. The maximum Gasteiger partial charge on any atom is 0.0602 e. The van der Waals surface area contributed by atoms with Crippen molar-refractivity contribution in [2.75, 3.05) is 46.2 Å². The summed E-state index contributed by atoms with van der Waals surface area (Å²) in [5.74, 6) is 0.617. The van der Waals surface area contributed by atoms with Gasteiger partial charge in [-0.1, -0.05) is 57.8 Å². The summed E-state index contributed by atoms with van der Waals surface area (Å²) in [6, 6.07) is 11.6. The zero-order valence-electron chi connectivity index (χ0n) is 23.3. The van der Waals surface area contributed by atoms with Crippen LogP contribution in [0, 0.1) is 5.92 Å². The first-order chi connectivity index (χ1) is 17.2. The van der Waals surface area contributed by atoms with E-state index in [4.69, 9.17) is 4.98 Å². The number of hydrogen-bond acceptors (Lipinski definition) is 5. The van der Waals surface area contributed by atoms with Crippen molar-refractivity contribution in [3.63, 3.8) is 0 Å². The SMILES string of the molecule is C=C(NC)c1cc(N(C)C(=C)C(=C)N2CC(C)CC[C@@H]2c2ccc(CCN(C)C)cc2)cnc1CC. The lowest BCUT2D eigenvalue weighted by Crippen LogP contribution is -2.38. The minimum atomic E-state index is 0.307. The molecule has 1 unspecified atom stereocenters. The van der Waals surface area contributed by atoms with E-state index in [-0.39, 0.29) is 0 Å². The van der Waals surface area contributed by atoms with Crippen molar-refractivity contribution in [3.05, 3.63) is 90.0 Å². The molecule has 0 saturated carbocycles. The van der Waals surface area contributed by atoms with Gasteiger partial charge in [0, 0.05) is 44.1 Å². The van der Waals surface area contributed by atoms with Gasteiger partial charge in [-0.2, -0.15) is 0 Å². The van der Waals surface area contributed by atoms with Crippen molar-refractivity contribution in [3.8, 4) is 0 Å². The van der Waals surface area contributed by atoms with E-state index in [1.54, 1.807) is 0 Å². The van der Waals surface area contributed by atoms with Gasteiger partial charge in [-0.3, -0.25) is 4.98 Å². The smallest absolute Gasteiger partial charge is 0.0602 e. The Kier molecular flexibility index (Phi) is 9.38. The van der Waals surface area contributed by atoms with E-state index in [2.05, 4.69) is 98.0 Å². The fourth-order valence-electron chi connectivity index (χ4n) is 4.91. The van der Waals surface area contributed by atoms with Gasteiger partial charge in [-0.05, 0) is 62.9 Å². The number of aromatic nitrogens is 1. The Hall–Kier alpha value is -3.05. The molecule has 1 saturated heterocycles. The highest BCUT2D eigenvalue weighted by molar-refractivity contribution is 5.68. The normalized spacial score (nSPS) is 17.7. The number of rotatable bonds is 11. The summed E-state index contributed by atoms with van der Waals surface area (Å²) in [6.45, 7) is 19.7. The molecule has 1 aromatic heterocycles. The lowest BCUT2D eigenvalue weighted by molar-refractivity contribution is 0.157. The first kappa shape index (κ1) is 27.5. The van der Waals surface area contributed by atoms with Crippen molar-refractivity contribution in [2.45, 2.75) is 45.6 Å². The molecular formula is C31H45N5. The minimum absolute atomic E-state index is 0.307. The van der Waals surface area contributed by atoms with E-state index in [9.17, 15) is 0 Å². The second-order valence-electron chi connectivity index (χ2n) is 10.4. The van der Waals surface area contributed by atoms with Gasteiger partial charge in [0.05, 0.1) is 29.3 Å². The molecule has 0 radical (unpaired) electrons. The summed E-state index contributed by atoms with van der Waals surface area (Å²) >= 11 is 0. The Balaban J connectivity index is 1.82. The average Bonchev–Trinajstić information content (AvgIpc) is 2.90. The van der Waals surface area contributed by atoms with Gasteiger partial charge in [0.15, 0.2) is 0 Å². The summed E-state index contributed by atoms with van der Waals surface area (Å²) in [5.41, 5.74) is 8.54. The summed E-state index contributed by atoms with van der Waals surface area (Å²) in [4.78, 5) is 11.5. The topological polar surface area (TPSA) is 34.6 Å². The van der Waals surface area contributed by atoms with Gasteiger partial charge in [0.25, 0.3) is 0 Å². The van der Waals surface area contributed by atoms with Crippen LogP contribution >= 0.6 is 0 Å². The molecule has 0 amide bonds. The van der Waals surface area contributed by atoms with E-state index in [0.29, 0.717) is 12.0 Å². The van der Waals surface area contributed by atoms with Crippen LogP contribution in [0.4, 0.5) is 5.69 Å². The minimum Gasteiger partial charge on any atom is -0.388 e.